The first-order valence-corrected chi connectivity index (χ1v) is 10.1. The van der Waals surface area contributed by atoms with Gasteiger partial charge in [0.15, 0.2) is 5.78 Å². The van der Waals surface area contributed by atoms with E-state index in [1.807, 2.05) is 60.7 Å². The fourth-order valence-corrected chi connectivity index (χ4v) is 3.51. The molecule has 0 atom stereocenters. The van der Waals surface area contributed by atoms with Crippen LogP contribution in [0.3, 0.4) is 0 Å². The zero-order valence-corrected chi connectivity index (χ0v) is 18.2. The van der Waals surface area contributed by atoms with E-state index >= 15 is 0 Å². The van der Waals surface area contributed by atoms with Gasteiger partial charge in [0, 0.05) is 22.3 Å². The first kappa shape index (κ1) is 20.9. The summed E-state index contributed by atoms with van der Waals surface area (Å²) in [6.07, 6.45) is 0. The topological polar surface area (TPSA) is 37.3 Å². The van der Waals surface area contributed by atoms with E-state index in [2.05, 4.69) is 47.6 Å². The van der Waals surface area contributed by atoms with Gasteiger partial charge in [-0.05, 0) is 28.0 Å². The smallest absolute Gasteiger partial charge is 0.193 e. The van der Waals surface area contributed by atoms with Crippen LogP contribution in [0.25, 0.3) is 11.1 Å². The minimum Gasteiger partial charge on any atom is -0.507 e. The zero-order valence-electron chi connectivity index (χ0n) is 18.2. The molecule has 0 fully saturated rings. The second kappa shape index (κ2) is 7.51. The summed E-state index contributed by atoms with van der Waals surface area (Å²) in [5.74, 6) is 0.206. The normalized spacial score (nSPS) is 12.1. The maximum absolute atomic E-state index is 13.2. The number of carbonyl (C=O) groups excluding carboxylic acids is 1. The van der Waals surface area contributed by atoms with Crippen LogP contribution in [0.1, 0.15) is 68.6 Å². The third-order valence-corrected chi connectivity index (χ3v) is 5.28. The molecule has 1 N–H and O–H groups in total. The number of carbonyl (C=O) groups is 1. The number of ketones is 1. The molecular weight excluding hydrogens is 356 g/mol. The molecule has 0 saturated heterocycles. The van der Waals surface area contributed by atoms with Gasteiger partial charge in [0.05, 0.1) is 0 Å². The summed E-state index contributed by atoms with van der Waals surface area (Å²) >= 11 is 0. The molecule has 2 nitrogen and oxygen atoms in total. The van der Waals surface area contributed by atoms with E-state index in [1.54, 1.807) is 0 Å². The molecule has 0 amide bonds. The van der Waals surface area contributed by atoms with Gasteiger partial charge >= 0.3 is 0 Å². The van der Waals surface area contributed by atoms with E-state index in [-0.39, 0.29) is 22.4 Å². The molecule has 0 aliphatic carbocycles. The summed E-state index contributed by atoms with van der Waals surface area (Å²) in [6.45, 7) is 12.8. The highest BCUT2D eigenvalue weighted by Crippen LogP contribution is 2.43. The molecule has 0 bridgehead atoms. The Hall–Kier alpha value is -2.87. The minimum absolute atomic E-state index is 0.0425. The number of hydrogen-bond donors (Lipinski definition) is 1. The van der Waals surface area contributed by atoms with Crippen LogP contribution in [0.4, 0.5) is 0 Å². The highest BCUT2D eigenvalue weighted by molar-refractivity contribution is 6.13. The van der Waals surface area contributed by atoms with Crippen molar-refractivity contribution < 1.29 is 9.90 Å². The summed E-state index contributed by atoms with van der Waals surface area (Å²) < 4.78 is 0. The molecule has 3 aromatic rings. The van der Waals surface area contributed by atoms with Crippen LogP contribution < -0.4 is 0 Å². The quantitative estimate of drug-likeness (QED) is 0.498. The van der Waals surface area contributed by atoms with Crippen molar-refractivity contribution in [2.45, 2.75) is 52.4 Å². The van der Waals surface area contributed by atoms with Crippen molar-refractivity contribution in [3.05, 3.63) is 89.0 Å². The molecular formula is C27H30O2. The molecule has 150 valence electrons. The van der Waals surface area contributed by atoms with Gasteiger partial charge in [0.25, 0.3) is 0 Å². The van der Waals surface area contributed by atoms with Gasteiger partial charge < -0.3 is 5.11 Å². The van der Waals surface area contributed by atoms with Gasteiger partial charge in [0.1, 0.15) is 5.75 Å². The number of benzene rings is 3. The lowest BCUT2D eigenvalue weighted by Gasteiger charge is -2.28. The van der Waals surface area contributed by atoms with Crippen LogP contribution in [0.15, 0.2) is 66.7 Å². The molecule has 0 aliphatic rings. The van der Waals surface area contributed by atoms with E-state index in [1.165, 1.54) is 0 Å². The fraction of sp³-hybridized carbons (Fsp3) is 0.296. The second-order valence-corrected chi connectivity index (χ2v) is 9.66. The zero-order chi connectivity index (χ0) is 21.4. The fourth-order valence-electron chi connectivity index (χ4n) is 3.51. The lowest BCUT2D eigenvalue weighted by Crippen LogP contribution is -2.17. The Morgan fingerprint density at radius 2 is 1.31 bits per heavy atom. The molecule has 3 aromatic carbocycles. The van der Waals surface area contributed by atoms with Crippen molar-refractivity contribution in [1.82, 2.24) is 0 Å². The van der Waals surface area contributed by atoms with Crippen LogP contribution in [0.5, 0.6) is 5.75 Å². The molecule has 0 heterocycles. The molecule has 0 radical (unpaired) electrons. The first-order chi connectivity index (χ1) is 13.5. The molecule has 3 rings (SSSR count). The molecule has 0 spiro atoms. The van der Waals surface area contributed by atoms with Crippen molar-refractivity contribution in [2.24, 2.45) is 0 Å². The first-order valence-electron chi connectivity index (χ1n) is 10.1. The number of phenolic OH excluding ortho intramolecular Hbond substituents is 1. The van der Waals surface area contributed by atoms with Gasteiger partial charge in [-0.25, -0.2) is 0 Å². The number of rotatable bonds is 3. The van der Waals surface area contributed by atoms with E-state index in [9.17, 15) is 9.90 Å². The van der Waals surface area contributed by atoms with Gasteiger partial charge in [-0.2, -0.15) is 0 Å². The molecule has 0 aromatic heterocycles. The predicted octanol–water partition coefficient (Wildman–Crippen LogP) is 6.89. The van der Waals surface area contributed by atoms with Gasteiger partial charge in [-0.1, -0.05) is 102 Å². The van der Waals surface area contributed by atoms with Crippen LogP contribution >= 0.6 is 0 Å². The Morgan fingerprint density at radius 3 is 1.90 bits per heavy atom. The third kappa shape index (κ3) is 4.27. The molecule has 0 saturated carbocycles. The van der Waals surface area contributed by atoms with Crippen molar-refractivity contribution in [2.75, 3.05) is 0 Å². The molecule has 29 heavy (non-hydrogen) atoms. The highest BCUT2D eigenvalue weighted by Gasteiger charge is 2.27. The lowest BCUT2D eigenvalue weighted by molar-refractivity contribution is 0.103. The molecule has 0 unspecified atom stereocenters. The Morgan fingerprint density at radius 1 is 0.724 bits per heavy atom. The Kier molecular flexibility index (Phi) is 5.40. The van der Waals surface area contributed by atoms with Crippen LogP contribution in [-0.2, 0) is 10.8 Å². The Bertz CT molecular complexity index is 1030. The maximum Gasteiger partial charge on any atom is 0.193 e. The highest BCUT2D eigenvalue weighted by atomic mass is 16.3. The minimum atomic E-state index is -0.224. The number of phenols is 1. The standard InChI is InChI=1S/C27H30O2/c1-26(2,3)19-16-22(25(29)23(17-19)27(4,5)6)20-14-10-11-15-21(20)24(28)18-12-8-7-9-13-18/h7-17,29H,1-6H3. The van der Waals surface area contributed by atoms with Crippen LogP contribution in [0, 0.1) is 0 Å². The van der Waals surface area contributed by atoms with Crippen molar-refractivity contribution >= 4 is 5.78 Å². The summed E-state index contributed by atoms with van der Waals surface area (Å²) in [6, 6.07) is 21.0. The van der Waals surface area contributed by atoms with Crippen LogP contribution in [0.2, 0.25) is 0 Å². The van der Waals surface area contributed by atoms with Crippen molar-refractivity contribution in [1.29, 1.82) is 0 Å². The lowest BCUT2D eigenvalue weighted by atomic mass is 9.77. The number of hydrogen-bond acceptors (Lipinski definition) is 2. The summed E-state index contributed by atoms with van der Waals surface area (Å²) in [7, 11) is 0. The van der Waals surface area contributed by atoms with Crippen molar-refractivity contribution in [3.63, 3.8) is 0 Å². The van der Waals surface area contributed by atoms with E-state index < -0.39 is 0 Å². The monoisotopic (exact) mass is 386 g/mol. The van der Waals surface area contributed by atoms with Gasteiger partial charge in [-0.3, -0.25) is 4.79 Å². The summed E-state index contributed by atoms with van der Waals surface area (Å²) in [5.41, 5.74) is 4.43. The maximum atomic E-state index is 13.2. The van der Waals surface area contributed by atoms with E-state index in [4.69, 9.17) is 0 Å². The van der Waals surface area contributed by atoms with Crippen LogP contribution in [-0.4, -0.2) is 10.9 Å². The average Bonchev–Trinajstić information content (AvgIpc) is 2.66. The number of aromatic hydroxyl groups is 1. The predicted molar refractivity (Wildman–Crippen MR) is 121 cm³/mol. The SMILES string of the molecule is CC(C)(C)c1cc(-c2ccccc2C(=O)c2ccccc2)c(O)c(C(C)(C)C)c1. The summed E-state index contributed by atoms with van der Waals surface area (Å²) in [5, 5.41) is 11.2. The molecule has 2 heteroatoms. The van der Waals surface area contributed by atoms with Crippen molar-refractivity contribution in [3.8, 4) is 16.9 Å². The van der Waals surface area contributed by atoms with E-state index in [0.717, 1.165) is 16.7 Å². The Labute approximate surface area is 174 Å². The Balaban J connectivity index is 2.28. The second-order valence-electron chi connectivity index (χ2n) is 9.66. The average molecular weight is 387 g/mol. The largest absolute Gasteiger partial charge is 0.507 e. The third-order valence-electron chi connectivity index (χ3n) is 5.28. The van der Waals surface area contributed by atoms with Gasteiger partial charge in [0.2, 0.25) is 0 Å². The molecule has 0 aliphatic heterocycles. The van der Waals surface area contributed by atoms with E-state index in [0.29, 0.717) is 16.7 Å². The van der Waals surface area contributed by atoms with Gasteiger partial charge in [-0.15, -0.1) is 0 Å². The summed E-state index contributed by atoms with van der Waals surface area (Å²) in [4.78, 5) is 13.2.